The third-order valence-electron chi connectivity index (χ3n) is 2.92. The van der Waals surface area contributed by atoms with Gasteiger partial charge in [-0.1, -0.05) is 13.8 Å². The maximum absolute atomic E-state index is 11.8. The molecule has 8 heteroatoms. The normalized spacial score (nSPS) is 20.4. The third kappa shape index (κ3) is 4.02. The van der Waals surface area contributed by atoms with Crippen molar-refractivity contribution in [2.45, 2.75) is 38.8 Å². The molecule has 1 heterocycles. The lowest BCUT2D eigenvalue weighted by Crippen LogP contribution is -2.49. The highest BCUT2D eigenvalue weighted by Gasteiger charge is 2.40. The van der Waals surface area contributed by atoms with Crippen molar-refractivity contribution in [1.82, 2.24) is 10.2 Å². The molecule has 112 valence electrons. The second-order valence-electron chi connectivity index (χ2n) is 5.21. The summed E-state index contributed by atoms with van der Waals surface area (Å²) in [6.07, 6.45) is 0.228. The molecule has 0 bridgehead atoms. The number of hydrogen-bond donors (Lipinski definition) is 3. The Hall–Kier alpha value is -1.96. The minimum Gasteiger partial charge on any atom is -0.480 e. The van der Waals surface area contributed by atoms with E-state index in [0.717, 1.165) is 0 Å². The molecule has 8 nitrogen and oxygen atoms in total. The van der Waals surface area contributed by atoms with Gasteiger partial charge >= 0.3 is 5.97 Å². The molecule has 0 aromatic rings. The number of imide groups is 1. The van der Waals surface area contributed by atoms with Gasteiger partial charge in [0.1, 0.15) is 12.6 Å². The van der Waals surface area contributed by atoms with Gasteiger partial charge in [-0.25, -0.2) is 0 Å². The number of nitrogens with two attached hydrogens (primary N) is 1. The largest absolute Gasteiger partial charge is 0.480 e. The number of carboxylic acids is 1. The zero-order valence-electron chi connectivity index (χ0n) is 11.5. The lowest BCUT2D eigenvalue weighted by atomic mass is 10.0. The molecule has 1 aliphatic heterocycles. The Morgan fingerprint density at radius 2 is 2.05 bits per heavy atom. The monoisotopic (exact) mass is 285 g/mol. The second-order valence-corrected chi connectivity index (χ2v) is 5.21. The van der Waals surface area contributed by atoms with Crippen LogP contribution in [0.4, 0.5) is 0 Å². The lowest BCUT2D eigenvalue weighted by molar-refractivity contribution is -0.148. The molecule has 0 radical (unpaired) electrons. The standard InChI is InChI=1S/C12H19N3O5/c1-6(2)3-7(13)11(19)14-8-4-9(16)15(12(8)20)5-10(17)18/h6-8H,3-5,13H2,1-2H3,(H,14,19)(H,17,18)/t7-,8-/m0/s1. The fourth-order valence-electron chi connectivity index (χ4n) is 1.99. The maximum atomic E-state index is 11.8. The molecule has 2 atom stereocenters. The van der Waals surface area contributed by atoms with Gasteiger partial charge in [-0.3, -0.25) is 24.1 Å². The lowest BCUT2D eigenvalue weighted by Gasteiger charge is -2.17. The van der Waals surface area contributed by atoms with Crippen molar-refractivity contribution >= 4 is 23.7 Å². The molecular weight excluding hydrogens is 266 g/mol. The Labute approximate surface area is 116 Å². The number of carbonyl (C=O) groups excluding carboxylic acids is 3. The quantitative estimate of drug-likeness (QED) is 0.519. The molecule has 1 aliphatic rings. The van der Waals surface area contributed by atoms with E-state index in [1.807, 2.05) is 13.8 Å². The molecule has 0 aromatic carbocycles. The molecule has 1 saturated heterocycles. The molecule has 20 heavy (non-hydrogen) atoms. The van der Waals surface area contributed by atoms with E-state index in [0.29, 0.717) is 11.3 Å². The van der Waals surface area contributed by atoms with Crippen molar-refractivity contribution in [3.63, 3.8) is 0 Å². The van der Waals surface area contributed by atoms with Crippen LogP contribution in [0.2, 0.25) is 0 Å². The average Bonchev–Trinajstić information content (AvgIpc) is 2.55. The van der Waals surface area contributed by atoms with E-state index in [4.69, 9.17) is 10.8 Å². The van der Waals surface area contributed by atoms with E-state index in [2.05, 4.69) is 5.32 Å². The number of nitrogens with zero attached hydrogens (tertiary/aromatic N) is 1. The molecule has 4 N–H and O–H groups in total. The van der Waals surface area contributed by atoms with Crippen LogP contribution < -0.4 is 11.1 Å². The summed E-state index contributed by atoms with van der Waals surface area (Å²) in [5.74, 6) is -2.89. The molecule has 0 aromatic heterocycles. The Morgan fingerprint density at radius 1 is 1.45 bits per heavy atom. The fraction of sp³-hybridized carbons (Fsp3) is 0.667. The number of carbonyl (C=O) groups is 4. The first kappa shape index (κ1) is 16.1. The first-order valence-corrected chi connectivity index (χ1v) is 6.34. The minimum absolute atomic E-state index is 0.222. The topological polar surface area (TPSA) is 130 Å². The SMILES string of the molecule is CC(C)C[C@H](N)C(=O)N[C@H]1CC(=O)N(CC(=O)O)C1=O. The smallest absolute Gasteiger partial charge is 0.323 e. The van der Waals surface area contributed by atoms with Crippen LogP contribution in [0.1, 0.15) is 26.7 Å². The molecular formula is C12H19N3O5. The van der Waals surface area contributed by atoms with E-state index in [1.54, 1.807) is 0 Å². The average molecular weight is 285 g/mol. The van der Waals surface area contributed by atoms with Crippen LogP contribution in [0.25, 0.3) is 0 Å². The van der Waals surface area contributed by atoms with E-state index in [-0.39, 0.29) is 12.3 Å². The van der Waals surface area contributed by atoms with Crippen LogP contribution in [0, 0.1) is 5.92 Å². The Balaban J connectivity index is 2.61. The Bertz CT molecular complexity index is 435. The number of amides is 3. The van der Waals surface area contributed by atoms with Gasteiger partial charge in [-0.15, -0.1) is 0 Å². The number of rotatable bonds is 6. The molecule has 0 aliphatic carbocycles. The van der Waals surface area contributed by atoms with E-state index >= 15 is 0 Å². The summed E-state index contributed by atoms with van der Waals surface area (Å²) < 4.78 is 0. The zero-order chi connectivity index (χ0) is 15.4. The van der Waals surface area contributed by atoms with E-state index < -0.39 is 42.3 Å². The van der Waals surface area contributed by atoms with Crippen LogP contribution in [-0.2, 0) is 19.2 Å². The first-order valence-electron chi connectivity index (χ1n) is 6.34. The number of carboxylic acid groups (broad SMARTS) is 1. The van der Waals surface area contributed by atoms with Gasteiger partial charge in [-0.05, 0) is 12.3 Å². The number of nitrogens with one attached hydrogen (secondary N) is 1. The molecule has 3 amide bonds. The van der Waals surface area contributed by atoms with Gasteiger partial charge in [-0.2, -0.15) is 0 Å². The van der Waals surface area contributed by atoms with Gasteiger partial charge in [0, 0.05) is 0 Å². The maximum Gasteiger partial charge on any atom is 0.323 e. The van der Waals surface area contributed by atoms with Gasteiger partial charge in [0.05, 0.1) is 12.5 Å². The minimum atomic E-state index is -1.28. The van der Waals surface area contributed by atoms with Gasteiger partial charge in [0.25, 0.3) is 5.91 Å². The molecule has 0 spiro atoms. The molecule has 0 unspecified atom stereocenters. The summed E-state index contributed by atoms with van der Waals surface area (Å²) in [6.45, 7) is 3.13. The van der Waals surface area contributed by atoms with Crippen molar-refractivity contribution in [3.05, 3.63) is 0 Å². The van der Waals surface area contributed by atoms with Crippen LogP contribution in [0.15, 0.2) is 0 Å². The molecule has 1 fully saturated rings. The second kappa shape index (κ2) is 6.47. The van der Waals surface area contributed by atoms with E-state index in [9.17, 15) is 19.2 Å². The van der Waals surface area contributed by atoms with Crippen LogP contribution in [-0.4, -0.2) is 52.3 Å². The van der Waals surface area contributed by atoms with Crippen LogP contribution in [0.3, 0.4) is 0 Å². The number of likely N-dealkylation sites (tertiary alicyclic amines) is 1. The number of hydrogen-bond acceptors (Lipinski definition) is 5. The Kier molecular flexibility index (Phi) is 5.20. The van der Waals surface area contributed by atoms with Crippen LogP contribution >= 0.6 is 0 Å². The summed E-state index contributed by atoms with van der Waals surface area (Å²) in [4.78, 5) is 46.3. The summed E-state index contributed by atoms with van der Waals surface area (Å²) in [7, 11) is 0. The predicted octanol–water partition coefficient (Wildman–Crippen LogP) is -1.31. The van der Waals surface area contributed by atoms with Gasteiger partial charge in [0.2, 0.25) is 11.8 Å². The Morgan fingerprint density at radius 3 is 2.55 bits per heavy atom. The highest BCUT2D eigenvalue weighted by atomic mass is 16.4. The molecule has 1 rings (SSSR count). The van der Waals surface area contributed by atoms with Crippen molar-refractivity contribution < 1.29 is 24.3 Å². The van der Waals surface area contributed by atoms with E-state index in [1.165, 1.54) is 0 Å². The van der Waals surface area contributed by atoms with Crippen molar-refractivity contribution in [2.75, 3.05) is 6.54 Å². The predicted molar refractivity (Wildman–Crippen MR) is 68.3 cm³/mol. The van der Waals surface area contributed by atoms with Crippen molar-refractivity contribution in [2.24, 2.45) is 11.7 Å². The fourth-order valence-corrected chi connectivity index (χ4v) is 1.99. The summed E-state index contributed by atoms with van der Waals surface area (Å²) in [6, 6.07) is -1.78. The first-order chi connectivity index (χ1) is 9.22. The summed E-state index contributed by atoms with van der Waals surface area (Å²) in [5.41, 5.74) is 5.68. The van der Waals surface area contributed by atoms with Gasteiger partial charge in [0.15, 0.2) is 0 Å². The summed E-state index contributed by atoms with van der Waals surface area (Å²) in [5, 5.41) is 11.0. The number of aliphatic carboxylic acids is 1. The van der Waals surface area contributed by atoms with Crippen molar-refractivity contribution in [3.8, 4) is 0 Å². The van der Waals surface area contributed by atoms with Crippen molar-refractivity contribution in [1.29, 1.82) is 0 Å². The highest BCUT2D eigenvalue weighted by Crippen LogP contribution is 2.13. The van der Waals surface area contributed by atoms with Crippen LogP contribution in [0.5, 0.6) is 0 Å². The zero-order valence-corrected chi connectivity index (χ0v) is 11.5. The van der Waals surface area contributed by atoms with Gasteiger partial charge < -0.3 is 16.2 Å². The highest BCUT2D eigenvalue weighted by molar-refractivity contribution is 6.08. The summed E-state index contributed by atoms with van der Waals surface area (Å²) >= 11 is 0. The molecule has 0 saturated carbocycles. The third-order valence-corrected chi connectivity index (χ3v) is 2.92.